The number of carbonyl (C=O) groups is 1. The molecule has 0 spiro atoms. The molecular formula is C21H20ClN5O3S2. The maximum atomic E-state index is 12.6. The molecule has 3 aromatic rings. The summed E-state index contributed by atoms with van der Waals surface area (Å²) in [6, 6.07) is 9.49. The van der Waals surface area contributed by atoms with Gasteiger partial charge in [0, 0.05) is 22.1 Å². The Bertz CT molecular complexity index is 1380. The number of halogens is 1. The number of benzene rings is 1. The lowest BCUT2D eigenvalue weighted by molar-refractivity contribution is -0.112. The molecule has 0 atom stereocenters. The number of aromatic nitrogens is 3. The first-order chi connectivity index (χ1) is 15.1. The Balaban J connectivity index is 1.90. The third-order valence-electron chi connectivity index (χ3n) is 4.82. The number of aryl methyl sites for hydroxylation is 2. The Labute approximate surface area is 195 Å². The van der Waals surface area contributed by atoms with E-state index in [0.29, 0.717) is 10.6 Å². The van der Waals surface area contributed by atoms with Gasteiger partial charge in [0.25, 0.3) is 5.91 Å². The SMILES string of the molecule is CCS(=O)(=O)c1nnc(NC(=O)C(C#N)=Cc2cc(C)n(-c3ccc(C)c(Cl)c3)c2C)s1. The van der Waals surface area contributed by atoms with Crippen molar-refractivity contribution in [1.29, 1.82) is 5.26 Å². The van der Waals surface area contributed by atoms with Gasteiger partial charge in [0.1, 0.15) is 11.6 Å². The van der Waals surface area contributed by atoms with Crippen LogP contribution in [0.25, 0.3) is 11.8 Å². The van der Waals surface area contributed by atoms with Crippen molar-refractivity contribution in [3.05, 3.63) is 57.4 Å². The molecule has 0 aliphatic carbocycles. The smallest absolute Gasteiger partial charge is 0.268 e. The molecule has 166 valence electrons. The first kappa shape index (κ1) is 23.7. The summed E-state index contributed by atoms with van der Waals surface area (Å²) in [4.78, 5) is 12.6. The van der Waals surface area contributed by atoms with E-state index in [1.165, 1.54) is 13.0 Å². The molecule has 0 aliphatic rings. The van der Waals surface area contributed by atoms with E-state index in [1.807, 2.05) is 55.7 Å². The lowest BCUT2D eigenvalue weighted by atomic mass is 10.1. The Morgan fingerprint density at radius 1 is 1.28 bits per heavy atom. The van der Waals surface area contributed by atoms with E-state index in [1.54, 1.807) is 0 Å². The number of sulfone groups is 1. The maximum absolute atomic E-state index is 12.6. The lowest BCUT2D eigenvalue weighted by Gasteiger charge is -2.11. The number of carbonyl (C=O) groups excluding carboxylic acids is 1. The molecule has 1 N–H and O–H groups in total. The minimum absolute atomic E-state index is 0.00273. The molecule has 3 rings (SSSR count). The summed E-state index contributed by atoms with van der Waals surface area (Å²) in [5.74, 6) is -0.826. The molecule has 2 heterocycles. The van der Waals surface area contributed by atoms with Gasteiger partial charge >= 0.3 is 0 Å². The van der Waals surface area contributed by atoms with E-state index in [-0.39, 0.29) is 20.8 Å². The van der Waals surface area contributed by atoms with Gasteiger partial charge in [0.2, 0.25) is 19.3 Å². The second-order valence-corrected chi connectivity index (χ2v) is 10.8. The van der Waals surface area contributed by atoms with Gasteiger partial charge in [-0.15, -0.1) is 10.2 Å². The van der Waals surface area contributed by atoms with E-state index in [9.17, 15) is 18.5 Å². The van der Waals surface area contributed by atoms with Crippen LogP contribution in [0.1, 0.15) is 29.4 Å². The number of nitrogens with one attached hydrogen (secondary N) is 1. The number of amides is 1. The van der Waals surface area contributed by atoms with Crippen LogP contribution in [0.4, 0.5) is 5.13 Å². The van der Waals surface area contributed by atoms with Crippen molar-refractivity contribution in [2.24, 2.45) is 0 Å². The highest BCUT2D eigenvalue weighted by atomic mass is 35.5. The number of nitriles is 1. The molecule has 0 aliphatic heterocycles. The van der Waals surface area contributed by atoms with Crippen molar-refractivity contribution in [2.75, 3.05) is 11.1 Å². The fourth-order valence-corrected chi connectivity index (χ4v) is 5.19. The zero-order chi connectivity index (χ0) is 23.6. The van der Waals surface area contributed by atoms with Gasteiger partial charge < -0.3 is 4.57 Å². The van der Waals surface area contributed by atoms with E-state index >= 15 is 0 Å². The molecule has 1 aromatic carbocycles. The Kier molecular flexibility index (Phi) is 6.83. The summed E-state index contributed by atoms with van der Waals surface area (Å²) in [6.45, 7) is 7.21. The summed E-state index contributed by atoms with van der Waals surface area (Å²) < 4.78 is 25.6. The zero-order valence-corrected chi connectivity index (χ0v) is 20.2. The fraction of sp³-hybridized carbons (Fsp3) is 0.238. The van der Waals surface area contributed by atoms with Crippen LogP contribution in [0.15, 0.2) is 34.2 Å². The quantitative estimate of drug-likeness (QED) is 0.314. The second-order valence-electron chi connectivity index (χ2n) is 7.00. The Morgan fingerprint density at radius 3 is 2.62 bits per heavy atom. The van der Waals surface area contributed by atoms with Crippen LogP contribution in [0, 0.1) is 32.1 Å². The van der Waals surface area contributed by atoms with Crippen LogP contribution in [0.5, 0.6) is 0 Å². The van der Waals surface area contributed by atoms with E-state index < -0.39 is 15.7 Å². The van der Waals surface area contributed by atoms with Crippen LogP contribution in [0.3, 0.4) is 0 Å². The number of anilines is 1. The molecule has 0 saturated carbocycles. The highest BCUT2D eigenvalue weighted by molar-refractivity contribution is 7.93. The van der Waals surface area contributed by atoms with Gasteiger partial charge in [-0.1, -0.05) is 35.9 Å². The van der Waals surface area contributed by atoms with Crippen molar-refractivity contribution in [3.8, 4) is 11.8 Å². The maximum Gasteiger partial charge on any atom is 0.268 e. The van der Waals surface area contributed by atoms with Crippen molar-refractivity contribution >= 4 is 49.9 Å². The monoisotopic (exact) mass is 489 g/mol. The van der Waals surface area contributed by atoms with Crippen molar-refractivity contribution < 1.29 is 13.2 Å². The largest absolute Gasteiger partial charge is 0.318 e. The fourth-order valence-electron chi connectivity index (χ4n) is 3.03. The normalized spacial score (nSPS) is 11.9. The van der Waals surface area contributed by atoms with E-state index in [0.717, 1.165) is 34.0 Å². The molecule has 0 saturated heterocycles. The molecule has 0 unspecified atom stereocenters. The first-order valence-corrected chi connectivity index (χ1v) is 12.4. The minimum atomic E-state index is -3.53. The molecule has 0 fully saturated rings. The summed E-state index contributed by atoms with van der Waals surface area (Å²) in [5.41, 5.74) is 4.12. The molecule has 2 aromatic heterocycles. The van der Waals surface area contributed by atoms with Crippen molar-refractivity contribution in [1.82, 2.24) is 14.8 Å². The number of rotatable bonds is 6. The first-order valence-electron chi connectivity index (χ1n) is 9.52. The van der Waals surface area contributed by atoms with Crippen LogP contribution in [-0.4, -0.2) is 34.8 Å². The second kappa shape index (κ2) is 9.24. The molecule has 8 nitrogen and oxygen atoms in total. The van der Waals surface area contributed by atoms with Gasteiger partial charge in [-0.2, -0.15) is 5.26 Å². The average molecular weight is 490 g/mol. The van der Waals surface area contributed by atoms with Crippen molar-refractivity contribution in [3.63, 3.8) is 0 Å². The number of hydrogen-bond donors (Lipinski definition) is 1. The predicted octanol–water partition coefficient (Wildman–Crippen LogP) is 4.25. The zero-order valence-electron chi connectivity index (χ0n) is 17.8. The highest BCUT2D eigenvalue weighted by Crippen LogP contribution is 2.27. The van der Waals surface area contributed by atoms with Crippen LogP contribution in [0.2, 0.25) is 5.02 Å². The lowest BCUT2D eigenvalue weighted by Crippen LogP contribution is -2.13. The Morgan fingerprint density at radius 2 is 2.00 bits per heavy atom. The van der Waals surface area contributed by atoms with Crippen LogP contribution < -0.4 is 5.32 Å². The van der Waals surface area contributed by atoms with Gasteiger partial charge in [-0.05, 0) is 56.2 Å². The standard InChI is InChI=1S/C21H20ClN5O3S2/c1-5-32(29,30)21-26-25-20(31-21)24-19(28)16(11-23)9-15-8-13(3)27(14(15)4)17-7-6-12(2)18(22)10-17/h6-10H,5H2,1-4H3,(H,24,25,28). The predicted molar refractivity (Wildman–Crippen MR) is 125 cm³/mol. The average Bonchev–Trinajstić information content (AvgIpc) is 3.33. The van der Waals surface area contributed by atoms with Gasteiger partial charge in [-0.25, -0.2) is 8.42 Å². The third kappa shape index (κ3) is 4.75. The van der Waals surface area contributed by atoms with Crippen LogP contribution in [-0.2, 0) is 14.6 Å². The van der Waals surface area contributed by atoms with Crippen molar-refractivity contribution in [2.45, 2.75) is 32.0 Å². The van der Waals surface area contributed by atoms with E-state index in [4.69, 9.17) is 11.6 Å². The van der Waals surface area contributed by atoms with Gasteiger partial charge in [-0.3, -0.25) is 10.1 Å². The molecule has 32 heavy (non-hydrogen) atoms. The van der Waals surface area contributed by atoms with Gasteiger partial charge in [0.05, 0.1) is 5.75 Å². The third-order valence-corrected chi connectivity index (χ3v) is 8.25. The summed E-state index contributed by atoms with van der Waals surface area (Å²) in [6.07, 6.45) is 1.48. The summed E-state index contributed by atoms with van der Waals surface area (Å²) >= 11 is 7.01. The molecular weight excluding hydrogens is 470 g/mol. The summed E-state index contributed by atoms with van der Waals surface area (Å²) in [7, 11) is -3.53. The molecule has 1 amide bonds. The number of nitrogens with zero attached hydrogens (tertiary/aromatic N) is 4. The number of hydrogen-bond acceptors (Lipinski definition) is 7. The molecule has 0 bridgehead atoms. The topological polar surface area (TPSA) is 118 Å². The van der Waals surface area contributed by atoms with Crippen LogP contribution >= 0.6 is 22.9 Å². The Hall–Kier alpha value is -3.00. The molecule has 0 radical (unpaired) electrons. The highest BCUT2D eigenvalue weighted by Gasteiger charge is 2.20. The minimum Gasteiger partial charge on any atom is -0.318 e. The summed E-state index contributed by atoms with van der Waals surface area (Å²) in [5, 5.41) is 19.9. The molecule has 11 heteroatoms. The van der Waals surface area contributed by atoms with E-state index in [2.05, 4.69) is 15.5 Å². The van der Waals surface area contributed by atoms with Gasteiger partial charge in [0.15, 0.2) is 0 Å².